The fraction of sp³-hybridized carbons (Fsp3) is 0.417. The van der Waals surface area contributed by atoms with Gasteiger partial charge in [-0.1, -0.05) is 0 Å². The molecule has 0 aromatic heterocycles. The summed E-state index contributed by atoms with van der Waals surface area (Å²) in [6.07, 6.45) is -0.659. The molecule has 0 fully saturated rings. The van der Waals surface area contributed by atoms with Crippen LogP contribution in [0.5, 0.6) is 5.75 Å². The Labute approximate surface area is 111 Å². The average molecular weight is 273 g/mol. The Morgan fingerprint density at radius 2 is 2.17 bits per heavy atom. The summed E-state index contributed by atoms with van der Waals surface area (Å²) >= 11 is 5.48. The van der Waals surface area contributed by atoms with Crippen LogP contribution in [0.4, 0.5) is 5.69 Å². The first-order chi connectivity index (χ1) is 8.45. The number of hydrogen-bond acceptors (Lipinski definition) is 4. The molecule has 0 aliphatic heterocycles. The Kier molecular flexibility index (Phi) is 5.25. The lowest BCUT2D eigenvalue weighted by Gasteiger charge is -2.14. The van der Waals surface area contributed by atoms with Gasteiger partial charge in [0.15, 0.2) is 0 Å². The highest BCUT2D eigenvalue weighted by atomic mass is 35.5. The van der Waals surface area contributed by atoms with E-state index in [1.807, 2.05) is 0 Å². The summed E-state index contributed by atoms with van der Waals surface area (Å²) in [5.41, 5.74) is 0.854. The van der Waals surface area contributed by atoms with Crippen molar-refractivity contribution < 1.29 is 15.0 Å². The van der Waals surface area contributed by atoms with E-state index in [9.17, 15) is 15.0 Å². The van der Waals surface area contributed by atoms with E-state index in [-0.39, 0.29) is 29.6 Å². The zero-order chi connectivity index (χ0) is 13.7. The number of anilines is 1. The molecule has 0 bridgehead atoms. The van der Waals surface area contributed by atoms with Crippen molar-refractivity contribution in [2.45, 2.75) is 6.10 Å². The number of halogens is 1. The molecule has 0 aliphatic rings. The van der Waals surface area contributed by atoms with Crippen molar-refractivity contribution in [1.82, 2.24) is 4.90 Å². The van der Waals surface area contributed by atoms with Crippen molar-refractivity contribution in [2.24, 2.45) is 0 Å². The van der Waals surface area contributed by atoms with E-state index in [1.165, 1.54) is 11.0 Å². The van der Waals surface area contributed by atoms with E-state index in [4.69, 9.17) is 11.6 Å². The van der Waals surface area contributed by atoms with E-state index in [0.29, 0.717) is 5.69 Å². The van der Waals surface area contributed by atoms with Crippen molar-refractivity contribution in [3.05, 3.63) is 23.8 Å². The number of aromatic hydroxyl groups is 1. The fourth-order valence-corrected chi connectivity index (χ4v) is 1.46. The molecule has 1 rings (SSSR count). The molecule has 3 N–H and O–H groups in total. The lowest BCUT2D eigenvalue weighted by Crippen LogP contribution is -2.23. The number of phenols is 1. The number of carbonyl (C=O) groups is 1. The zero-order valence-electron chi connectivity index (χ0n) is 10.4. The van der Waals surface area contributed by atoms with Crippen LogP contribution in [0.3, 0.4) is 0 Å². The van der Waals surface area contributed by atoms with Gasteiger partial charge in [-0.2, -0.15) is 0 Å². The Hall–Kier alpha value is -1.46. The number of alkyl halides is 1. The van der Waals surface area contributed by atoms with E-state index >= 15 is 0 Å². The topological polar surface area (TPSA) is 72.8 Å². The Bertz CT molecular complexity index is 424. The SMILES string of the molecule is CN(C)C(=O)c1cc(NCC(O)CCl)ccc1O. The van der Waals surface area contributed by atoms with E-state index in [0.717, 1.165) is 0 Å². The van der Waals surface area contributed by atoms with Gasteiger partial charge in [0.2, 0.25) is 0 Å². The molecule has 1 aromatic rings. The minimum atomic E-state index is -0.659. The van der Waals surface area contributed by atoms with Crippen LogP contribution in [0, 0.1) is 0 Å². The lowest BCUT2D eigenvalue weighted by molar-refractivity contribution is 0.0824. The molecular weight excluding hydrogens is 256 g/mol. The Morgan fingerprint density at radius 3 is 2.72 bits per heavy atom. The zero-order valence-corrected chi connectivity index (χ0v) is 11.1. The monoisotopic (exact) mass is 272 g/mol. The van der Waals surface area contributed by atoms with Crippen molar-refractivity contribution in [3.8, 4) is 5.75 Å². The minimum absolute atomic E-state index is 0.0721. The summed E-state index contributed by atoms with van der Waals surface area (Å²) in [5.74, 6) is -0.222. The van der Waals surface area contributed by atoms with Crippen LogP contribution < -0.4 is 5.32 Å². The Morgan fingerprint density at radius 1 is 1.50 bits per heavy atom. The van der Waals surface area contributed by atoms with E-state index in [2.05, 4.69) is 5.32 Å². The summed E-state index contributed by atoms with van der Waals surface area (Å²) in [7, 11) is 3.22. The third-order valence-electron chi connectivity index (χ3n) is 2.35. The average Bonchev–Trinajstić information content (AvgIpc) is 2.36. The van der Waals surface area contributed by atoms with E-state index < -0.39 is 6.10 Å². The summed E-state index contributed by atoms with van der Waals surface area (Å²) in [5, 5.41) is 21.9. The maximum atomic E-state index is 11.8. The van der Waals surface area contributed by atoms with Gasteiger partial charge in [-0.3, -0.25) is 4.79 Å². The third-order valence-corrected chi connectivity index (χ3v) is 2.71. The number of amides is 1. The smallest absolute Gasteiger partial charge is 0.257 e. The highest BCUT2D eigenvalue weighted by Gasteiger charge is 2.14. The van der Waals surface area contributed by atoms with Gasteiger partial charge >= 0.3 is 0 Å². The van der Waals surface area contributed by atoms with Gasteiger partial charge in [-0.25, -0.2) is 0 Å². The number of hydrogen-bond donors (Lipinski definition) is 3. The second kappa shape index (κ2) is 6.47. The molecule has 0 heterocycles. The molecule has 1 unspecified atom stereocenters. The standard InChI is InChI=1S/C12H17ClN2O3/c1-15(2)12(18)10-5-8(3-4-11(10)17)14-7-9(16)6-13/h3-5,9,14,16-17H,6-7H2,1-2H3. The quantitative estimate of drug-likeness (QED) is 0.555. The van der Waals surface area contributed by atoms with Gasteiger partial charge in [0, 0.05) is 26.3 Å². The predicted octanol–water partition coefficient (Wildman–Crippen LogP) is 1.11. The van der Waals surface area contributed by atoms with Gasteiger partial charge in [0.05, 0.1) is 17.5 Å². The number of nitrogens with zero attached hydrogens (tertiary/aromatic N) is 1. The second-order valence-corrected chi connectivity index (χ2v) is 4.43. The van der Waals surface area contributed by atoms with Gasteiger partial charge < -0.3 is 20.4 Å². The molecule has 0 aliphatic carbocycles. The molecule has 18 heavy (non-hydrogen) atoms. The molecule has 0 saturated carbocycles. The van der Waals surface area contributed by atoms with Crippen molar-refractivity contribution in [2.75, 3.05) is 31.8 Å². The first-order valence-corrected chi connectivity index (χ1v) is 6.01. The molecular formula is C12H17ClN2O3. The van der Waals surface area contributed by atoms with E-state index in [1.54, 1.807) is 26.2 Å². The minimum Gasteiger partial charge on any atom is -0.507 e. The Balaban J connectivity index is 2.84. The van der Waals surface area contributed by atoms with Gasteiger partial charge in [0.1, 0.15) is 5.75 Å². The molecule has 5 nitrogen and oxygen atoms in total. The van der Waals surface area contributed by atoms with Crippen LogP contribution in [0.1, 0.15) is 10.4 Å². The molecule has 0 spiro atoms. The van der Waals surface area contributed by atoms with Crippen LogP contribution in [0.15, 0.2) is 18.2 Å². The number of rotatable bonds is 5. The van der Waals surface area contributed by atoms with Gasteiger partial charge in [-0.05, 0) is 18.2 Å². The number of phenolic OH excluding ortho intramolecular Hbond substituents is 1. The molecule has 1 atom stereocenters. The van der Waals surface area contributed by atoms with Crippen molar-refractivity contribution in [3.63, 3.8) is 0 Å². The summed E-state index contributed by atoms with van der Waals surface area (Å²) in [6, 6.07) is 4.60. The number of carbonyl (C=O) groups excluding carboxylic acids is 1. The highest BCUT2D eigenvalue weighted by Crippen LogP contribution is 2.22. The summed E-state index contributed by atoms with van der Waals surface area (Å²) in [4.78, 5) is 13.2. The van der Waals surface area contributed by atoms with Crippen molar-refractivity contribution >= 4 is 23.2 Å². The first kappa shape index (κ1) is 14.6. The summed E-state index contributed by atoms with van der Waals surface area (Å²) < 4.78 is 0. The molecule has 0 saturated heterocycles. The first-order valence-electron chi connectivity index (χ1n) is 5.48. The summed E-state index contributed by atoms with van der Waals surface area (Å²) in [6.45, 7) is 0.282. The maximum absolute atomic E-state index is 11.8. The number of nitrogens with one attached hydrogen (secondary N) is 1. The van der Waals surface area contributed by atoms with Crippen LogP contribution in [0.25, 0.3) is 0 Å². The van der Waals surface area contributed by atoms with Crippen LogP contribution in [-0.2, 0) is 0 Å². The third kappa shape index (κ3) is 3.78. The molecule has 0 radical (unpaired) electrons. The van der Waals surface area contributed by atoms with Crippen LogP contribution in [0.2, 0.25) is 0 Å². The number of aliphatic hydroxyl groups excluding tert-OH is 1. The van der Waals surface area contributed by atoms with Gasteiger partial charge in [-0.15, -0.1) is 11.6 Å². The number of aliphatic hydroxyl groups is 1. The fourth-order valence-electron chi connectivity index (χ4n) is 1.35. The normalized spacial score (nSPS) is 12.0. The number of benzene rings is 1. The predicted molar refractivity (Wildman–Crippen MR) is 71.3 cm³/mol. The molecule has 6 heteroatoms. The molecule has 1 aromatic carbocycles. The van der Waals surface area contributed by atoms with Crippen LogP contribution in [-0.4, -0.2) is 53.6 Å². The van der Waals surface area contributed by atoms with Crippen LogP contribution >= 0.6 is 11.6 Å². The molecule has 1 amide bonds. The second-order valence-electron chi connectivity index (χ2n) is 4.12. The highest BCUT2D eigenvalue weighted by molar-refractivity contribution is 6.18. The largest absolute Gasteiger partial charge is 0.507 e. The molecule has 100 valence electrons. The van der Waals surface area contributed by atoms with Crippen molar-refractivity contribution in [1.29, 1.82) is 0 Å². The van der Waals surface area contributed by atoms with Gasteiger partial charge in [0.25, 0.3) is 5.91 Å². The lowest BCUT2D eigenvalue weighted by atomic mass is 10.1. The maximum Gasteiger partial charge on any atom is 0.257 e.